The molecule has 0 amide bonds. The highest BCUT2D eigenvalue weighted by atomic mass is 16.3. The van der Waals surface area contributed by atoms with Crippen LogP contribution in [0.1, 0.15) is 11.1 Å². The number of para-hydroxylation sites is 4. The Morgan fingerprint density at radius 1 is 0.357 bits per heavy atom. The van der Waals surface area contributed by atoms with Crippen LogP contribution in [0.25, 0.3) is 77.5 Å². The van der Waals surface area contributed by atoms with Gasteiger partial charge in [0.15, 0.2) is 0 Å². The first-order valence-electron chi connectivity index (χ1n) is 18.1. The molecule has 56 heavy (non-hydrogen) atoms. The summed E-state index contributed by atoms with van der Waals surface area (Å²) in [5, 5.41) is 58.6. The number of allylic oxidation sites excluding steroid dienone is 2. The lowest BCUT2D eigenvalue weighted by molar-refractivity contribution is 0.384. The summed E-state index contributed by atoms with van der Waals surface area (Å²) < 4.78 is 7.14. The average molecular weight is 731 g/mol. The molecular formula is C46H30N6O4. The van der Waals surface area contributed by atoms with Crippen LogP contribution in [-0.4, -0.2) is 49.1 Å². The monoisotopic (exact) mass is 730 g/mol. The van der Waals surface area contributed by atoms with Gasteiger partial charge in [0.1, 0.15) is 11.5 Å². The molecule has 10 nitrogen and oxygen atoms in total. The summed E-state index contributed by atoms with van der Waals surface area (Å²) in [5.41, 5.74) is 7.68. The molecule has 0 bridgehead atoms. The molecule has 1 aliphatic rings. The van der Waals surface area contributed by atoms with E-state index in [0.29, 0.717) is 11.4 Å². The van der Waals surface area contributed by atoms with Crippen LogP contribution in [0.2, 0.25) is 0 Å². The van der Waals surface area contributed by atoms with Gasteiger partial charge in [-0.05, 0) is 72.8 Å². The second-order valence-corrected chi connectivity index (χ2v) is 13.8. The maximum atomic E-state index is 11.5. The van der Waals surface area contributed by atoms with Crippen LogP contribution in [0, 0.1) is 0 Å². The minimum atomic E-state index is -0.296. The van der Waals surface area contributed by atoms with Crippen molar-refractivity contribution in [1.82, 2.24) is 28.7 Å². The zero-order valence-corrected chi connectivity index (χ0v) is 29.5. The maximum absolute atomic E-state index is 11.5. The van der Waals surface area contributed by atoms with Crippen LogP contribution in [0.3, 0.4) is 0 Å². The van der Waals surface area contributed by atoms with Crippen molar-refractivity contribution < 1.29 is 20.4 Å². The van der Waals surface area contributed by atoms with E-state index in [1.165, 1.54) is 21.8 Å². The molecule has 10 aromatic rings. The van der Waals surface area contributed by atoms with Gasteiger partial charge in [0.05, 0.1) is 68.1 Å². The summed E-state index contributed by atoms with van der Waals surface area (Å²) >= 11 is 0. The van der Waals surface area contributed by atoms with E-state index in [1.807, 2.05) is 97.1 Å². The second-order valence-electron chi connectivity index (χ2n) is 13.8. The molecular weight excluding hydrogens is 701 g/mol. The molecule has 4 N–H and O–H groups in total. The second kappa shape index (κ2) is 11.8. The van der Waals surface area contributed by atoms with Gasteiger partial charge in [0, 0.05) is 32.9 Å². The van der Waals surface area contributed by atoms with Crippen molar-refractivity contribution in [2.24, 2.45) is 0 Å². The lowest BCUT2D eigenvalue weighted by Crippen LogP contribution is -2.10. The summed E-state index contributed by atoms with van der Waals surface area (Å²) in [6.07, 6.45) is 2.80. The Kier molecular flexibility index (Phi) is 6.62. The van der Waals surface area contributed by atoms with Gasteiger partial charge in [-0.1, -0.05) is 72.8 Å². The number of fused-ring (bicyclic) bond motifs is 6. The van der Waals surface area contributed by atoms with Gasteiger partial charge in [-0.25, -0.2) is 9.36 Å². The van der Waals surface area contributed by atoms with Crippen molar-refractivity contribution >= 4 is 54.8 Å². The first-order chi connectivity index (χ1) is 27.5. The van der Waals surface area contributed by atoms with E-state index < -0.39 is 0 Å². The lowest BCUT2D eigenvalue weighted by atomic mass is 9.86. The number of aliphatic hydroxyl groups excluding tert-OH is 2. The molecule has 0 spiro atoms. The maximum Gasteiger partial charge on any atom is 0.222 e. The zero-order valence-electron chi connectivity index (χ0n) is 29.5. The predicted octanol–water partition coefficient (Wildman–Crippen LogP) is 9.92. The Morgan fingerprint density at radius 3 is 1.16 bits per heavy atom. The molecule has 1 aliphatic carbocycles. The van der Waals surface area contributed by atoms with E-state index in [1.54, 1.807) is 0 Å². The first-order valence-corrected chi connectivity index (χ1v) is 18.1. The third-order valence-electron chi connectivity index (χ3n) is 10.8. The largest absolute Gasteiger partial charge is 0.506 e. The fourth-order valence-electron chi connectivity index (χ4n) is 8.23. The van der Waals surface area contributed by atoms with Crippen molar-refractivity contribution in [2.45, 2.75) is 0 Å². The number of aromatic hydroxyl groups is 2. The molecule has 0 aliphatic heterocycles. The Hall–Kier alpha value is -7.98. The van der Waals surface area contributed by atoms with E-state index >= 15 is 0 Å². The van der Waals surface area contributed by atoms with Crippen molar-refractivity contribution in [2.75, 3.05) is 0 Å². The summed E-state index contributed by atoms with van der Waals surface area (Å²) in [6.45, 7) is 0. The summed E-state index contributed by atoms with van der Waals surface area (Å²) in [6, 6.07) is 48.2. The Balaban J connectivity index is 0.940. The zero-order chi connectivity index (χ0) is 37.7. The molecule has 4 aromatic heterocycles. The standard InChI is InChI=1S/C46H30N6O4/c53-43-41(35-25-47-51(45(35)55)29-19-21-39-33(23-29)31-15-7-9-17-37(31)49(39)27-11-3-1-4-12-27)44(54)42(43)36-26-48-52(46(36)56)30-20-22-40-34(24-30)32-16-8-10-18-38(32)50(40)28-13-5-2-6-14-28/h1-26,53-56H. The SMILES string of the molecule is OC1=C(c2cnn(-c3ccc4c(c3)c3ccccc3n4-c3ccccc3)c2O)C(O)=C1c1cnn(-c2ccc3c(c2)c2ccccc2n3-c2ccccc2)c1O. The van der Waals surface area contributed by atoms with Crippen LogP contribution >= 0.6 is 0 Å². The smallest absolute Gasteiger partial charge is 0.222 e. The fourth-order valence-corrected chi connectivity index (χ4v) is 8.23. The minimum Gasteiger partial charge on any atom is -0.506 e. The van der Waals surface area contributed by atoms with Crippen molar-refractivity contribution in [3.05, 3.63) is 181 Å². The number of aromatic nitrogens is 6. The van der Waals surface area contributed by atoms with Gasteiger partial charge < -0.3 is 29.6 Å². The average Bonchev–Trinajstić information content (AvgIpc) is 3.99. The summed E-state index contributed by atoms with van der Waals surface area (Å²) in [4.78, 5) is 0. The van der Waals surface area contributed by atoms with Crippen molar-refractivity contribution in [3.63, 3.8) is 0 Å². The number of rotatable bonds is 6. The Morgan fingerprint density at radius 2 is 0.732 bits per heavy atom. The highest BCUT2D eigenvalue weighted by molar-refractivity contribution is 6.11. The lowest BCUT2D eigenvalue weighted by Gasteiger charge is -2.22. The van der Waals surface area contributed by atoms with E-state index in [0.717, 1.165) is 55.0 Å². The molecule has 4 heterocycles. The summed E-state index contributed by atoms with van der Waals surface area (Å²) in [5.74, 6) is -1.11. The van der Waals surface area contributed by atoms with E-state index in [4.69, 9.17) is 0 Å². The van der Waals surface area contributed by atoms with E-state index in [-0.39, 0.29) is 45.6 Å². The van der Waals surface area contributed by atoms with Crippen molar-refractivity contribution in [3.8, 4) is 34.5 Å². The van der Waals surface area contributed by atoms with Gasteiger partial charge in [0.2, 0.25) is 11.8 Å². The van der Waals surface area contributed by atoms with Crippen LogP contribution < -0.4 is 0 Å². The first kappa shape index (κ1) is 31.5. The third kappa shape index (κ3) is 4.37. The minimum absolute atomic E-state index is 0.0211. The Labute approximate surface area is 318 Å². The predicted molar refractivity (Wildman–Crippen MR) is 218 cm³/mol. The quantitative estimate of drug-likeness (QED) is 0.135. The summed E-state index contributed by atoms with van der Waals surface area (Å²) in [7, 11) is 0. The molecule has 0 atom stereocenters. The topological polar surface area (TPSA) is 126 Å². The highest BCUT2D eigenvalue weighted by Crippen LogP contribution is 2.49. The molecule has 0 radical (unpaired) electrons. The molecule has 0 saturated heterocycles. The number of hydrogen-bond donors (Lipinski definition) is 4. The number of hydrogen-bond acceptors (Lipinski definition) is 6. The fraction of sp³-hybridized carbons (Fsp3) is 0. The molecule has 0 saturated carbocycles. The van der Waals surface area contributed by atoms with Gasteiger partial charge in [-0.2, -0.15) is 10.2 Å². The molecule has 0 unspecified atom stereocenters. The van der Waals surface area contributed by atoms with Crippen molar-refractivity contribution in [1.29, 1.82) is 0 Å². The van der Waals surface area contributed by atoms with Crippen LogP contribution in [0.4, 0.5) is 0 Å². The molecule has 0 fully saturated rings. The third-order valence-corrected chi connectivity index (χ3v) is 10.8. The van der Waals surface area contributed by atoms with Crippen LogP contribution in [0.15, 0.2) is 170 Å². The molecule has 11 rings (SSSR count). The van der Waals surface area contributed by atoms with E-state index in [9.17, 15) is 20.4 Å². The number of aliphatic hydroxyl groups is 2. The van der Waals surface area contributed by atoms with E-state index in [2.05, 4.69) is 67.9 Å². The van der Waals surface area contributed by atoms with Gasteiger partial charge >= 0.3 is 0 Å². The number of benzene rings is 6. The normalized spacial score (nSPS) is 13.1. The molecule has 268 valence electrons. The molecule has 6 aromatic carbocycles. The van der Waals surface area contributed by atoms with Gasteiger partial charge in [-0.15, -0.1) is 0 Å². The highest BCUT2D eigenvalue weighted by Gasteiger charge is 2.37. The van der Waals surface area contributed by atoms with Gasteiger partial charge in [-0.3, -0.25) is 0 Å². The van der Waals surface area contributed by atoms with Crippen LogP contribution in [-0.2, 0) is 0 Å². The Bertz CT molecular complexity index is 3060. The van der Waals surface area contributed by atoms with Gasteiger partial charge in [0.25, 0.3) is 0 Å². The molecule has 10 heteroatoms. The number of nitrogens with zero attached hydrogens (tertiary/aromatic N) is 6. The van der Waals surface area contributed by atoms with Crippen LogP contribution in [0.5, 0.6) is 11.8 Å².